The molecule has 0 spiro atoms. The maximum Gasteiger partial charge on any atom is 0.119 e. The van der Waals surface area contributed by atoms with E-state index in [1.54, 1.807) is 7.11 Å². The van der Waals surface area contributed by atoms with Crippen molar-refractivity contribution in [2.24, 2.45) is 5.73 Å². The maximum absolute atomic E-state index is 6.69. The zero-order valence-corrected chi connectivity index (χ0v) is 16.2. The zero-order chi connectivity index (χ0) is 18.1. The van der Waals surface area contributed by atoms with E-state index in [1.165, 1.54) is 16.8 Å². The number of hydrogen-bond donors (Lipinski definition) is 1. The van der Waals surface area contributed by atoms with Gasteiger partial charge in [0, 0.05) is 21.9 Å². The van der Waals surface area contributed by atoms with Crippen molar-refractivity contribution in [1.29, 1.82) is 0 Å². The second-order valence-corrected chi connectivity index (χ2v) is 7.39. The predicted octanol–water partition coefficient (Wildman–Crippen LogP) is 5.22. The number of hydrogen-bond acceptors (Lipinski definition) is 3. The number of ether oxygens (including phenoxy) is 1. The Hall–Kier alpha value is -2.30. The summed E-state index contributed by atoms with van der Waals surface area (Å²) < 4.78 is 6.41. The highest BCUT2D eigenvalue weighted by Gasteiger charge is 2.35. The largest absolute Gasteiger partial charge is 0.497 e. The molecule has 1 aliphatic heterocycles. The van der Waals surface area contributed by atoms with Crippen molar-refractivity contribution in [2.75, 3.05) is 12.0 Å². The maximum atomic E-state index is 6.69. The second-order valence-electron chi connectivity index (χ2n) is 6.53. The number of methoxy groups -OCH3 is 1. The fourth-order valence-corrected chi connectivity index (χ4v) is 4.27. The number of nitrogens with two attached hydrogens (primary N) is 1. The van der Waals surface area contributed by atoms with Crippen LogP contribution in [0.25, 0.3) is 0 Å². The van der Waals surface area contributed by atoms with Gasteiger partial charge in [0.25, 0.3) is 0 Å². The lowest BCUT2D eigenvalue weighted by Crippen LogP contribution is -2.44. The first-order valence-corrected chi connectivity index (χ1v) is 9.49. The third kappa shape index (κ3) is 3.00. The molecular formula is C22H21BrN2O. The summed E-state index contributed by atoms with van der Waals surface area (Å²) in [5.74, 6) is 0.848. The summed E-state index contributed by atoms with van der Waals surface area (Å²) in [6.45, 7) is 0. The van der Waals surface area contributed by atoms with E-state index >= 15 is 0 Å². The predicted molar refractivity (Wildman–Crippen MR) is 110 cm³/mol. The van der Waals surface area contributed by atoms with Crippen molar-refractivity contribution >= 4 is 27.3 Å². The minimum Gasteiger partial charge on any atom is -0.497 e. The van der Waals surface area contributed by atoms with Crippen LogP contribution in [0, 0.1) is 0 Å². The molecule has 0 saturated carbocycles. The lowest BCUT2D eigenvalue weighted by atomic mass is 9.87. The monoisotopic (exact) mass is 408 g/mol. The fraction of sp³-hybridized carbons (Fsp3) is 0.182. The van der Waals surface area contributed by atoms with Gasteiger partial charge in [-0.25, -0.2) is 0 Å². The van der Waals surface area contributed by atoms with Crippen LogP contribution in [0.15, 0.2) is 77.3 Å². The Bertz CT molecular complexity index is 910. The molecule has 3 aromatic rings. The summed E-state index contributed by atoms with van der Waals surface area (Å²) >= 11 is 3.72. The standard InChI is InChI=1S/C22H21BrN2O/c1-26-17-12-10-16(11-13-17)25-21-9-5-2-6-15(21)14-20(24)22(25)18-7-3-4-8-19(18)23/h2-13,20,22H,14,24H2,1H3/t20-,22+/m0/s1. The quantitative estimate of drug-likeness (QED) is 0.645. The average Bonchev–Trinajstić information content (AvgIpc) is 2.68. The Morgan fingerprint density at radius 1 is 0.962 bits per heavy atom. The Balaban J connectivity index is 1.89. The molecule has 1 heterocycles. The number of para-hydroxylation sites is 1. The third-order valence-corrected chi connectivity index (χ3v) is 5.69. The minimum absolute atomic E-state index is 0.00861. The van der Waals surface area contributed by atoms with E-state index < -0.39 is 0 Å². The van der Waals surface area contributed by atoms with E-state index in [0.717, 1.165) is 22.3 Å². The number of halogens is 1. The Kier molecular flexibility index (Phi) is 4.70. The summed E-state index contributed by atoms with van der Waals surface area (Å²) in [4.78, 5) is 2.35. The van der Waals surface area contributed by atoms with Gasteiger partial charge in [-0.15, -0.1) is 0 Å². The molecule has 0 saturated heterocycles. The zero-order valence-electron chi connectivity index (χ0n) is 14.6. The molecule has 2 N–H and O–H groups in total. The first kappa shape index (κ1) is 17.1. The summed E-state index contributed by atoms with van der Waals surface area (Å²) in [6.07, 6.45) is 0.856. The number of anilines is 2. The van der Waals surface area contributed by atoms with E-state index in [-0.39, 0.29) is 12.1 Å². The summed E-state index contributed by atoms with van der Waals surface area (Å²) in [5, 5.41) is 0. The SMILES string of the molecule is COc1ccc(N2c3ccccc3C[C@H](N)[C@H]2c2ccccc2Br)cc1. The van der Waals surface area contributed by atoms with Crippen molar-refractivity contribution in [2.45, 2.75) is 18.5 Å². The first-order valence-electron chi connectivity index (χ1n) is 8.70. The highest BCUT2D eigenvalue weighted by atomic mass is 79.9. The number of rotatable bonds is 3. The molecule has 0 bridgehead atoms. The van der Waals surface area contributed by atoms with Crippen LogP contribution >= 0.6 is 15.9 Å². The molecule has 0 unspecified atom stereocenters. The average molecular weight is 409 g/mol. The van der Waals surface area contributed by atoms with Crippen molar-refractivity contribution < 1.29 is 4.74 Å². The molecule has 0 aromatic heterocycles. The van der Waals surface area contributed by atoms with Gasteiger partial charge in [0.15, 0.2) is 0 Å². The van der Waals surface area contributed by atoms with Crippen LogP contribution in [0.3, 0.4) is 0 Å². The van der Waals surface area contributed by atoms with E-state index in [2.05, 4.69) is 75.4 Å². The van der Waals surface area contributed by atoms with Gasteiger partial charge in [-0.1, -0.05) is 52.3 Å². The van der Waals surface area contributed by atoms with Gasteiger partial charge in [0.2, 0.25) is 0 Å². The second kappa shape index (κ2) is 7.14. The van der Waals surface area contributed by atoms with E-state index in [0.29, 0.717) is 0 Å². The Morgan fingerprint density at radius 3 is 2.38 bits per heavy atom. The van der Waals surface area contributed by atoms with Crippen molar-refractivity contribution in [3.8, 4) is 5.75 Å². The first-order chi connectivity index (χ1) is 12.7. The van der Waals surface area contributed by atoms with Gasteiger partial charge in [-0.3, -0.25) is 0 Å². The van der Waals surface area contributed by atoms with Crippen LogP contribution in [0.4, 0.5) is 11.4 Å². The number of fused-ring (bicyclic) bond motifs is 1. The highest BCUT2D eigenvalue weighted by Crippen LogP contribution is 2.44. The summed E-state index contributed by atoms with van der Waals surface area (Å²) in [7, 11) is 1.69. The van der Waals surface area contributed by atoms with Crippen molar-refractivity contribution in [3.05, 3.63) is 88.4 Å². The number of benzene rings is 3. The van der Waals surface area contributed by atoms with Crippen LogP contribution in [0.2, 0.25) is 0 Å². The minimum atomic E-state index is -0.00861. The summed E-state index contributed by atoms with van der Waals surface area (Å²) in [5.41, 5.74) is 11.5. The van der Waals surface area contributed by atoms with Crippen LogP contribution in [0.5, 0.6) is 5.75 Å². The van der Waals surface area contributed by atoms with Crippen molar-refractivity contribution in [3.63, 3.8) is 0 Å². The van der Waals surface area contributed by atoms with Gasteiger partial charge in [-0.05, 0) is 53.9 Å². The van der Waals surface area contributed by atoms with Crippen LogP contribution < -0.4 is 15.4 Å². The summed E-state index contributed by atoms with van der Waals surface area (Å²) in [6, 6.07) is 25.1. The molecule has 1 aliphatic rings. The molecule has 2 atom stereocenters. The van der Waals surface area contributed by atoms with Gasteiger partial charge in [-0.2, -0.15) is 0 Å². The molecule has 0 radical (unpaired) electrons. The van der Waals surface area contributed by atoms with E-state index in [1.807, 2.05) is 18.2 Å². The van der Waals surface area contributed by atoms with Gasteiger partial charge in [0.1, 0.15) is 5.75 Å². The van der Waals surface area contributed by atoms with Gasteiger partial charge >= 0.3 is 0 Å². The smallest absolute Gasteiger partial charge is 0.119 e. The number of nitrogens with zero attached hydrogens (tertiary/aromatic N) is 1. The third-order valence-electron chi connectivity index (χ3n) is 4.96. The molecular weight excluding hydrogens is 388 g/mol. The Labute approximate surface area is 162 Å². The lowest BCUT2D eigenvalue weighted by molar-refractivity contribution is 0.414. The van der Waals surface area contributed by atoms with E-state index in [9.17, 15) is 0 Å². The molecule has 4 heteroatoms. The van der Waals surface area contributed by atoms with E-state index in [4.69, 9.17) is 10.5 Å². The molecule has 0 amide bonds. The van der Waals surface area contributed by atoms with Crippen LogP contribution in [0.1, 0.15) is 17.2 Å². The molecule has 132 valence electrons. The highest BCUT2D eigenvalue weighted by molar-refractivity contribution is 9.10. The van der Waals surface area contributed by atoms with Crippen molar-refractivity contribution in [1.82, 2.24) is 0 Å². The molecule has 3 aromatic carbocycles. The van der Waals surface area contributed by atoms with Gasteiger partial charge < -0.3 is 15.4 Å². The lowest BCUT2D eigenvalue weighted by Gasteiger charge is -2.43. The topological polar surface area (TPSA) is 38.5 Å². The Morgan fingerprint density at radius 2 is 1.65 bits per heavy atom. The van der Waals surface area contributed by atoms with Gasteiger partial charge in [0.05, 0.1) is 13.2 Å². The molecule has 3 nitrogen and oxygen atoms in total. The molecule has 4 rings (SSSR count). The fourth-order valence-electron chi connectivity index (χ4n) is 3.75. The van der Waals surface area contributed by atoms with Crippen LogP contribution in [-0.2, 0) is 6.42 Å². The molecule has 0 aliphatic carbocycles. The molecule has 26 heavy (non-hydrogen) atoms. The van der Waals surface area contributed by atoms with Crippen LogP contribution in [-0.4, -0.2) is 13.2 Å². The normalized spacial score (nSPS) is 19.1. The molecule has 0 fully saturated rings.